The van der Waals surface area contributed by atoms with Gasteiger partial charge < -0.3 is 90.0 Å². The fraction of sp³-hybridized carbons (Fsp3) is 0.618. The van der Waals surface area contributed by atoms with E-state index in [9.17, 15) is 39.9 Å². The largest absolute Gasteiger partial charge is 0.504 e. The van der Waals surface area contributed by atoms with Gasteiger partial charge in [0.1, 0.15) is 0 Å². The molecule has 3 amide bonds. The van der Waals surface area contributed by atoms with Crippen molar-refractivity contribution in [2.24, 2.45) is 17.2 Å². The van der Waals surface area contributed by atoms with E-state index in [4.69, 9.17) is 22.3 Å². The van der Waals surface area contributed by atoms with Crippen LogP contribution < -0.4 is 54.4 Å². The Bertz CT molecular complexity index is 2040. The number of nitrogens with zero attached hydrogens (tertiary/aromatic N) is 3. The Hall–Kier alpha value is -5.53. The molecular formula is C55H97N13O9. The highest BCUT2D eigenvalue weighted by Crippen LogP contribution is 2.27. The molecule has 3 aromatic carbocycles. The number of carbonyl (C=O) groups is 3. The fourth-order valence-corrected chi connectivity index (χ4v) is 7.98. The highest BCUT2D eigenvalue weighted by Gasteiger charge is 2.14. The van der Waals surface area contributed by atoms with E-state index in [-0.39, 0.29) is 52.2 Å². The van der Waals surface area contributed by atoms with Crippen molar-refractivity contribution >= 4 is 17.7 Å². The summed E-state index contributed by atoms with van der Waals surface area (Å²) in [5, 5.41) is 79.6. The first kappa shape index (κ1) is 67.6. The molecule has 22 nitrogen and oxygen atoms in total. The van der Waals surface area contributed by atoms with Gasteiger partial charge in [0.05, 0.1) is 0 Å². The molecule has 77 heavy (non-hydrogen) atoms. The number of phenols is 6. The van der Waals surface area contributed by atoms with Crippen LogP contribution >= 0.6 is 0 Å². The van der Waals surface area contributed by atoms with Crippen molar-refractivity contribution in [3.63, 3.8) is 0 Å². The van der Waals surface area contributed by atoms with E-state index < -0.39 is 0 Å². The molecule has 0 aliphatic carbocycles. The van der Waals surface area contributed by atoms with Crippen molar-refractivity contribution in [2.75, 3.05) is 151 Å². The summed E-state index contributed by atoms with van der Waals surface area (Å²) in [6.45, 7) is 20.4. The van der Waals surface area contributed by atoms with Crippen LogP contribution in [0, 0.1) is 0 Å². The Balaban J connectivity index is 0.00000108. The van der Waals surface area contributed by atoms with Crippen molar-refractivity contribution in [1.82, 2.24) is 51.9 Å². The van der Waals surface area contributed by atoms with Gasteiger partial charge in [-0.25, -0.2) is 0 Å². The van der Waals surface area contributed by atoms with Gasteiger partial charge in [-0.15, -0.1) is 0 Å². The van der Waals surface area contributed by atoms with E-state index in [1.54, 1.807) is 18.2 Å². The molecule has 0 saturated heterocycles. The van der Waals surface area contributed by atoms with E-state index in [0.29, 0.717) is 77.8 Å². The summed E-state index contributed by atoms with van der Waals surface area (Å²) >= 11 is 0. The van der Waals surface area contributed by atoms with Crippen LogP contribution in [0.5, 0.6) is 34.5 Å². The minimum atomic E-state index is -0.183. The van der Waals surface area contributed by atoms with Gasteiger partial charge in [-0.3, -0.25) is 24.2 Å². The Morgan fingerprint density at radius 1 is 0.377 bits per heavy atom. The maximum absolute atomic E-state index is 12.7. The topological polar surface area (TPSA) is 345 Å². The second-order valence-electron chi connectivity index (χ2n) is 19.0. The van der Waals surface area contributed by atoms with Crippen molar-refractivity contribution in [2.45, 2.75) is 71.1 Å². The molecule has 0 aliphatic rings. The third kappa shape index (κ3) is 34.1. The van der Waals surface area contributed by atoms with Crippen LogP contribution in [0.25, 0.3) is 0 Å². The van der Waals surface area contributed by atoms with Gasteiger partial charge in [0.25, 0.3) is 0 Å². The summed E-state index contributed by atoms with van der Waals surface area (Å²) in [7, 11) is 0. The zero-order chi connectivity index (χ0) is 56.3. The summed E-state index contributed by atoms with van der Waals surface area (Å²) < 4.78 is 0. The normalized spacial score (nSPS) is 11.3. The Labute approximate surface area is 457 Å². The number of phenolic OH excluding ortho intramolecular Hbond substituents is 6. The number of rotatable bonds is 44. The van der Waals surface area contributed by atoms with Crippen molar-refractivity contribution in [1.29, 1.82) is 0 Å². The lowest BCUT2D eigenvalue weighted by molar-refractivity contribution is -0.121. The molecule has 0 radical (unpaired) electrons. The first-order chi connectivity index (χ1) is 37.3. The number of nitrogens with two attached hydrogens (primary N) is 3. The molecular weight excluding hydrogens is 987 g/mol. The lowest BCUT2D eigenvalue weighted by Crippen LogP contribution is -2.45. The Morgan fingerprint density at radius 3 is 1.13 bits per heavy atom. The summed E-state index contributed by atoms with van der Waals surface area (Å²) in [4.78, 5) is 44.0. The summed E-state index contributed by atoms with van der Waals surface area (Å²) in [5.41, 5.74) is 19.0. The van der Waals surface area contributed by atoms with Crippen molar-refractivity contribution in [3.05, 3.63) is 71.3 Å². The van der Waals surface area contributed by atoms with Gasteiger partial charge in [-0.05, 0) is 105 Å². The maximum Gasteiger partial charge on any atom is 0.220 e. The van der Waals surface area contributed by atoms with Crippen LogP contribution in [0.2, 0.25) is 0 Å². The van der Waals surface area contributed by atoms with E-state index in [2.05, 4.69) is 58.8 Å². The SMILES string of the molecule is CCCNCCN(CCNC(=O)CCc1ccc(O)c(O)c1)CCN(CCCCCNC(=O)CCc1ccc(O)c(O)c1)CCN(CCNCCN)CCNCCNCCN.NCCNC(=O)CCc1ccc(O)c(O)c1. The molecule has 0 saturated carbocycles. The van der Waals surface area contributed by atoms with Crippen LogP contribution in [-0.4, -0.2) is 214 Å². The van der Waals surface area contributed by atoms with Gasteiger partial charge in [-0.2, -0.15) is 0 Å². The van der Waals surface area contributed by atoms with E-state index >= 15 is 0 Å². The van der Waals surface area contributed by atoms with Gasteiger partial charge >= 0.3 is 0 Å². The molecule has 19 N–H and O–H groups in total. The molecule has 0 atom stereocenters. The predicted molar refractivity (Wildman–Crippen MR) is 305 cm³/mol. The quantitative estimate of drug-likeness (QED) is 0.0265. The average Bonchev–Trinajstić information content (AvgIpc) is 3.42. The predicted octanol–water partition coefficient (Wildman–Crippen LogP) is 0.174. The van der Waals surface area contributed by atoms with Crippen molar-refractivity contribution in [3.8, 4) is 34.5 Å². The van der Waals surface area contributed by atoms with E-state index in [1.807, 2.05) is 0 Å². The number of carbonyl (C=O) groups excluding carboxylic acids is 3. The maximum atomic E-state index is 12.7. The number of hydrogen-bond donors (Lipinski definition) is 16. The van der Waals surface area contributed by atoms with Crippen molar-refractivity contribution < 1.29 is 45.0 Å². The lowest BCUT2D eigenvalue weighted by atomic mass is 10.1. The molecule has 0 bridgehead atoms. The van der Waals surface area contributed by atoms with Crippen LogP contribution in [0.1, 0.15) is 68.6 Å². The minimum absolute atomic E-state index is 0.0288. The highest BCUT2D eigenvalue weighted by molar-refractivity contribution is 5.77. The summed E-state index contributed by atoms with van der Waals surface area (Å²) in [5.74, 6) is -1.17. The smallest absolute Gasteiger partial charge is 0.220 e. The highest BCUT2D eigenvalue weighted by atomic mass is 16.3. The van der Waals surface area contributed by atoms with Gasteiger partial charge in [0.2, 0.25) is 17.7 Å². The summed E-state index contributed by atoms with van der Waals surface area (Å²) in [6.07, 6.45) is 6.37. The monoisotopic (exact) mass is 1080 g/mol. The van der Waals surface area contributed by atoms with Crippen LogP contribution in [0.3, 0.4) is 0 Å². The third-order valence-corrected chi connectivity index (χ3v) is 12.6. The number of amides is 3. The molecule has 436 valence electrons. The van der Waals surface area contributed by atoms with E-state index in [1.165, 1.54) is 36.4 Å². The van der Waals surface area contributed by atoms with Gasteiger partial charge in [0, 0.05) is 157 Å². The molecule has 3 rings (SSSR count). The molecule has 0 aromatic heterocycles. The summed E-state index contributed by atoms with van der Waals surface area (Å²) in [6, 6.07) is 13.8. The van der Waals surface area contributed by atoms with Crippen LogP contribution in [0.15, 0.2) is 54.6 Å². The number of hydrogen-bond acceptors (Lipinski definition) is 19. The van der Waals surface area contributed by atoms with Crippen LogP contribution in [-0.2, 0) is 33.6 Å². The minimum Gasteiger partial charge on any atom is -0.504 e. The van der Waals surface area contributed by atoms with Gasteiger partial charge in [0.15, 0.2) is 34.5 Å². The molecule has 0 heterocycles. The molecule has 0 fully saturated rings. The molecule has 0 aliphatic heterocycles. The first-order valence-electron chi connectivity index (χ1n) is 27.7. The average molecular weight is 1080 g/mol. The number of nitrogens with one attached hydrogen (secondary N) is 7. The Morgan fingerprint density at radius 2 is 0.727 bits per heavy atom. The lowest BCUT2D eigenvalue weighted by Gasteiger charge is -2.30. The second-order valence-corrected chi connectivity index (χ2v) is 19.0. The number of aryl methyl sites for hydroxylation is 3. The molecule has 0 unspecified atom stereocenters. The van der Waals surface area contributed by atoms with Crippen LogP contribution in [0.4, 0.5) is 0 Å². The second kappa shape index (κ2) is 43.5. The Kier molecular flexibility index (Phi) is 38.1. The molecule has 3 aromatic rings. The zero-order valence-corrected chi connectivity index (χ0v) is 46.0. The first-order valence-corrected chi connectivity index (χ1v) is 27.7. The zero-order valence-electron chi connectivity index (χ0n) is 46.0. The van der Waals surface area contributed by atoms with Gasteiger partial charge in [-0.1, -0.05) is 31.5 Å². The van der Waals surface area contributed by atoms with E-state index in [0.717, 1.165) is 154 Å². The fourth-order valence-electron chi connectivity index (χ4n) is 7.98. The number of benzene rings is 3. The number of unbranched alkanes of at least 4 members (excludes halogenated alkanes) is 2. The number of aromatic hydroxyl groups is 6. The molecule has 22 heteroatoms. The third-order valence-electron chi connectivity index (χ3n) is 12.6. The standard InChI is InChI=1S/C44H81N11O6.C11H16N2O3/c1-2-16-47-22-27-55(30-25-52-44(61)13-9-38-7-11-40(57)42(59)36-38)34-32-53(31-33-54(28-23-49-19-15-46)29-24-50-21-20-48-18-14-45)26-5-3-4-17-51-43(60)12-8-37-6-10-39(56)41(58)35-37;12-5-6-13-11(16)4-2-8-1-3-9(14)10(15)7-8/h6-7,10-11,35-36,47-50,56-59H,2-5,8-9,12-34,45-46H2,1H3,(H,51,60)(H,52,61);1,3,7,14-15H,2,4-6,12H2,(H,13,16). The molecule has 0 spiro atoms.